The van der Waals surface area contributed by atoms with E-state index in [2.05, 4.69) is 24.0 Å². The molecule has 0 fully saturated rings. The highest BCUT2D eigenvalue weighted by atomic mass is 32.2. The number of ether oxygens (including phenoxy) is 2. The average molecular weight is 390 g/mol. The van der Waals surface area contributed by atoms with E-state index in [-0.39, 0.29) is 30.7 Å². The summed E-state index contributed by atoms with van der Waals surface area (Å²) < 4.78 is 12.5. The van der Waals surface area contributed by atoms with Gasteiger partial charge in [0.15, 0.2) is 22.4 Å². The van der Waals surface area contributed by atoms with Crippen molar-refractivity contribution in [1.29, 1.82) is 0 Å². The van der Waals surface area contributed by atoms with Crippen LogP contribution in [0.25, 0.3) is 0 Å². The topological polar surface area (TPSA) is 109 Å². The Morgan fingerprint density at radius 1 is 1.26 bits per heavy atom. The summed E-state index contributed by atoms with van der Waals surface area (Å²) in [5.41, 5.74) is 5.80. The Morgan fingerprint density at radius 2 is 2.04 bits per heavy atom. The summed E-state index contributed by atoms with van der Waals surface area (Å²) in [6.45, 7) is 5.06. The molecule has 1 aromatic carbocycles. The van der Waals surface area contributed by atoms with Gasteiger partial charge in [-0.15, -0.1) is 10.2 Å². The predicted molar refractivity (Wildman–Crippen MR) is 100.0 cm³/mol. The average Bonchev–Trinajstić information content (AvgIpc) is 3.23. The first-order valence-electron chi connectivity index (χ1n) is 8.70. The molecule has 2 N–H and O–H groups in total. The summed E-state index contributed by atoms with van der Waals surface area (Å²) in [4.78, 5) is 23.6. The van der Waals surface area contributed by atoms with Gasteiger partial charge in [-0.1, -0.05) is 25.6 Å². The second-order valence-electron chi connectivity index (χ2n) is 6.65. The van der Waals surface area contributed by atoms with Gasteiger partial charge in [0.05, 0.1) is 5.75 Å². The van der Waals surface area contributed by atoms with Gasteiger partial charge in [-0.25, -0.2) is 0 Å². The molecule has 9 heteroatoms. The highest BCUT2D eigenvalue weighted by Gasteiger charge is 2.19. The van der Waals surface area contributed by atoms with Crippen LogP contribution in [-0.2, 0) is 17.8 Å². The van der Waals surface area contributed by atoms with Crippen molar-refractivity contribution in [2.24, 2.45) is 11.7 Å². The molecule has 8 nitrogen and oxygen atoms in total. The molecule has 1 aliphatic rings. The molecule has 0 spiro atoms. The molecular formula is C18H22N4O4S. The molecule has 1 aromatic heterocycles. The molecule has 2 aromatic rings. The van der Waals surface area contributed by atoms with Crippen LogP contribution in [0.3, 0.4) is 0 Å². The van der Waals surface area contributed by atoms with Crippen molar-refractivity contribution < 1.29 is 19.1 Å². The van der Waals surface area contributed by atoms with Crippen molar-refractivity contribution in [2.75, 3.05) is 12.5 Å². The fourth-order valence-corrected chi connectivity index (χ4v) is 3.54. The van der Waals surface area contributed by atoms with Crippen molar-refractivity contribution in [3.63, 3.8) is 0 Å². The maximum Gasteiger partial charge on any atom is 0.231 e. The van der Waals surface area contributed by atoms with Gasteiger partial charge in [-0.3, -0.25) is 9.59 Å². The quantitative estimate of drug-likeness (QED) is 0.515. The van der Waals surface area contributed by atoms with Crippen molar-refractivity contribution >= 4 is 23.5 Å². The molecule has 144 valence electrons. The van der Waals surface area contributed by atoms with Crippen LogP contribution >= 0.6 is 11.8 Å². The number of primary amides is 1. The molecular weight excluding hydrogens is 368 g/mol. The van der Waals surface area contributed by atoms with Crippen molar-refractivity contribution in [3.05, 3.63) is 29.6 Å². The minimum atomic E-state index is -0.374. The molecule has 1 amide bonds. The van der Waals surface area contributed by atoms with E-state index >= 15 is 0 Å². The molecule has 0 saturated heterocycles. The Kier molecular flexibility index (Phi) is 6.00. The number of fused-ring (bicyclic) bond motifs is 1. The van der Waals surface area contributed by atoms with E-state index in [1.165, 1.54) is 11.8 Å². The Hall–Kier alpha value is -2.55. The molecule has 27 heavy (non-hydrogen) atoms. The van der Waals surface area contributed by atoms with E-state index in [4.69, 9.17) is 15.2 Å². The molecule has 3 rings (SSSR count). The molecule has 0 radical (unpaired) electrons. The highest BCUT2D eigenvalue weighted by molar-refractivity contribution is 7.99. The van der Waals surface area contributed by atoms with Crippen molar-refractivity contribution in [2.45, 2.75) is 38.4 Å². The van der Waals surface area contributed by atoms with Gasteiger partial charge in [-0.2, -0.15) is 0 Å². The Balaban J connectivity index is 1.69. The lowest BCUT2D eigenvalue weighted by atomic mass is 10.1. The Labute approximate surface area is 161 Å². The molecule has 2 heterocycles. The molecule has 0 bridgehead atoms. The van der Waals surface area contributed by atoms with Gasteiger partial charge in [0.25, 0.3) is 0 Å². The number of benzene rings is 1. The summed E-state index contributed by atoms with van der Waals surface area (Å²) in [6.07, 6.45) is 0.655. The van der Waals surface area contributed by atoms with Crippen LogP contribution in [0.2, 0.25) is 0 Å². The largest absolute Gasteiger partial charge is 0.454 e. The summed E-state index contributed by atoms with van der Waals surface area (Å²) in [7, 11) is 0. The molecule has 0 aliphatic carbocycles. The molecule has 0 atom stereocenters. The second kappa shape index (κ2) is 8.43. The van der Waals surface area contributed by atoms with Crippen LogP contribution in [0.1, 0.15) is 36.5 Å². The van der Waals surface area contributed by atoms with E-state index in [1.54, 1.807) is 18.2 Å². The minimum Gasteiger partial charge on any atom is -0.454 e. The van der Waals surface area contributed by atoms with E-state index in [0.29, 0.717) is 46.9 Å². The summed E-state index contributed by atoms with van der Waals surface area (Å²) in [5.74, 6) is 2.14. The number of carbonyl (C=O) groups is 2. The van der Waals surface area contributed by atoms with Crippen LogP contribution < -0.4 is 15.2 Å². The zero-order valence-corrected chi connectivity index (χ0v) is 16.1. The van der Waals surface area contributed by atoms with Crippen molar-refractivity contribution in [3.8, 4) is 11.5 Å². The van der Waals surface area contributed by atoms with Crippen LogP contribution in [-0.4, -0.2) is 39.0 Å². The van der Waals surface area contributed by atoms with Gasteiger partial charge >= 0.3 is 0 Å². The lowest BCUT2D eigenvalue weighted by Gasteiger charge is -2.12. The molecule has 1 aliphatic heterocycles. The maximum atomic E-state index is 12.5. The minimum absolute atomic E-state index is 0.0314. The lowest BCUT2D eigenvalue weighted by molar-refractivity contribution is -0.118. The maximum absolute atomic E-state index is 12.5. The number of thioether (sulfide) groups is 1. The van der Waals surface area contributed by atoms with Crippen LogP contribution in [0.15, 0.2) is 23.4 Å². The number of rotatable bonds is 9. The van der Waals surface area contributed by atoms with Gasteiger partial charge in [0.2, 0.25) is 12.7 Å². The first-order chi connectivity index (χ1) is 12.9. The van der Waals surface area contributed by atoms with E-state index in [1.807, 2.05) is 4.57 Å². The number of Topliss-reactive ketones (excluding diaryl/α,β-unsaturated/α-hetero) is 1. The lowest BCUT2D eigenvalue weighted by Crippen LogP contribution is -2.15. The standard InChI is InChI=1S/C18H22N4O4S/c1-11(2)8-22-17(6-5-16(19)24)20-21-18(22)27-9-13(23)12-3-4-14-15(7-12)26-10-25-14/h3-4,7,11H,5-6,8-10H2,1-2H3,(H2,19,24). The Morgan fingerprint density at radius 3 is 2.78 bits per heavy atom. The number of aromatic nitrogens is 3. The zero-order valence-electron chi connectivity index (χ0n) is 15.3. The number of carbonyl (C=O) groups excluding carboxylic acids is 2. The number of nitrogens with zero attached hydrogens (tertiary/aromatic N) is 3. The Bertz CT molecular complexity index is 850. The van der Waals surface area contributed by atoms with Crippen LogP contribution in [0.5, 0.6) is 11.5 Å². The number of nitrogens with two attached hydrogens (primary N) is 1. The van der Waals surface area contributed by atoms with Crippen molar-refractivity contribution in [1.82, 2.24) is 14.8 Å². The molecule has 0 saturated carbocycles. The predicted octanol–water partition coefficient (Wildman–Crippen LogP) is 2.06. The highest BCUT2D eigenvalue weighted by Crippen LogP contribution is 2.33. The van der Waals surface area contributed by atoms with Crippen LogP contribution in [0.4, 0.5) is 0 Å². The van der Waals surface area contributed by atoms with Gasteiger partial charge < -0.3 is 19.8 Å². The SMILES string of the molecule is CC(C)Cn1c(CCC(N)=O)nnc1SCC(=O)c1ccc2c(c1)OCO2. The second-order valence-corrected chi connectivity index (χ2v) is 7.59. The van der Waals surface area contributed by atoms with Gasteiger partial charge in [0, 0.05) is 24.9 Å². The summed E-state index contributed by atoms with van der Waals surface area (Å²) >= 11 is 1.33. The van der Waals surface area contributed by atoms with E-state index in [9.17, 15) is 9.59 Å². The van der Waals surface area contributed by atoms with Gasteiger partial charge in [0.1, 0.15) is 5.82 Å². The smallest absolute Gasteiger partial charge is 0.231 e. The van der Waals surface area contributed by atoms with Gasteiger partial charge in [-0.05, 0) is 24.1 Å². The number of hydrogen-bond donors (Lipinski definition) is 1. The number of aryl methyl sites for hydroxylation is 1. The summed E-state index contributed by atoms with van der Waals surface area (Å²) in [5, 5.41) is 9.04. The third-order valence-corrected chi connectivity index (χ3v) is 4.93. The number of ketones is 1. The third-order valence-electron chi connectivity index (χ3n) is 3.96. The van der Waals surface area contributed by atoms with E-state index in [0.717, 1.165) is 0 Å². The zero-order chi connectivity index (χ0) is 19.4. The van der Waals surface area contributed by atoms with E-state index < -0.39 is 0 Å². The molecule has 0 unspecified atom stereocenters. The third kappa shape index (κ3) is 4.79. The monoisotopic (exact) mass is 390 g/mol. The van der Waals surface area contributed by atoms with Crippen LogP contribution in [0, 0.1) is 5.92 Å². The first kappa shape index (κ1) is 19.2. The fraction of sp³-hybridized carbons (Fsp3) is 0.444. The normalized spacial score (nSPS) is 12.6. The fourth-order valence-electron chi connectivity index (χ4n) is 2.68. The first-order valence-corrected chi connectivity index (χ1v) is 9.68. The number of amides is 1. The number of hydrogen-bond acceptors (Lipinski definition) is 7. The summed E-state index contributed by atoms with van der Waals surface area (Å²) in [6, 6.07) is 5.17.